The molecule has 0 radical (unpaired) electrons. The Bertz CT molecular complexity index is 654. The highest BCUT2D eigenvalue weighted by Crippen LogP contribution is 2.19. The van der Waals surface area contributed by atoms with Crippen LogP contribution in [-0.2, 0) is 0 Å². The number of tetrazole rings is 1. The lowest BCUT2D eigenvalue weighted by Crippen LogP contribution is -2.01. The second-order valence-electron chi connectivity index (χ2n) is 3.65. The van der Waals surface area contributed by atoms with Crippen molar-refractivity contribution in [3.63, 3.8) is 0 Å². The predicted octanol–water partition coefficient (Wildman–Crippen LogP) is 1.49. The molecule has 0 unspecified atom stereocenters. The molecule has 1 aromatic carbocycles. The van der Waals surface area contributed by atoms with Gasteiger partial charge < -0.3 is 0 Å². The van der Waals surface area contributed by atoms with Gasteiger partial charge in [0.2, 0.25) is 0 Å². The van der Waals surface area contributed by atoms with Crippen LogP contribution in [0, 0.1) is 0 Å². The number of hydrogen-bond acceptors (Lipinski definition) is 4. The van der Waals surface area contributed by atoms with E-state index in [9.17, 15) is 0 Å². The minimum Gasteiger partial charge on any atom is -0.240 e. The largest absolute Gasteiger partial charge is 0.240 e. The Kier molecular flexibility index (Phi) is 2.45. The van der Waals surface area contributed by atoms with Crippen LogP contribution in [0.1, 0.15) is 5.56 Å². The van der Waals surface area contributed by atoms with Gasteiger partial charge in [-0.3, -0.25) is 0 Å². The molecule has 0 amide bonds. The molecule has 3 rings (SSSR count). The molecular formula is C12H10N6. The molecule has 0 atom stereocenters. The van der Waals surface area contributed by atoms with E-state index in [1.54, 1.807) is 28.0 Å². The molecule has 0 aliphatic carbocycles. The highest BCUT2D eigenvalue weighted by Gasteiger charge is 2.06. The number of hydrogen-bond donors (Lipinski definition) is 0. The minimum absolute atomic E-state index is 0.871. The first kappa shape index (κ1) is 10.4. The third-order valence-corrected chi connectivity index (χ3v) is 2.60. The van der Waals surface area contributed by atoms with Crippen molar-refractivity contribution in [1.82, 2.24) is 30.0 Å². The quantitative estimate of drug-likeness (QED) is 0.693. The number of rotatable bonds is 3. The zero-order valence-electron chi connectivity index (χ0n) is 9.51. The first-order chi connectivity index (χ1) is 8.88. The van der Waals surface area contributed by atoms with Gasteiger partial charge in [0.25, 0.3) is 0 Å². The summed E-state index contributed by atoms with van der Waals surface area (Å²) in [6.45, 7) is 3.81. The van der Waals surface area contributed by atoms with Crippen LogP contribution in [0.3, 0.4) is 0 Å². The van der Waals surface area contributed by atoms with Crippen LogP contribution in [0.2, 0.25) is 0 Å². The summed E-state index contributed by atoms with van der Waals surface area (Å²) in [4.78, 5) is 0. The molecular weight excluding hydrogens is 228 g/mol. The van der Waals surface area contributed by atoms with Crippen LogP contribution in [0.15, 0.2) is 49.6 Å². The second kappa shape index (κ2) is 4.25. The van der Waals surface area contributed by atoms with Crippen molar-refractivity contribution in [2.24, 2.45) is 0 Å². The molecule has 0 aliphatic rings. The van der Waals surface area contributed by atoms with Gasteiger partial charge in [0.1, 0.15) is 6.33 Å². The molecule has 18 heavy (non-hydrogen) atoms. The van der Waals surface area contributed by atoms with Crippen molar-refractivity contribution in [2.75, 3.05) is 0 Å². The number of benzene rings is 1. The molecule has 0 aliphatic heterocycles. The van der Waals surface area contributed by atoms with E-state index in [1.807, 2.05) is 30.5 Å². The van der Waals surface area contributed by atoms with E-state index in [4.69, 9.17) is 0 Å². The van der Waals surface area contributed by atoms with Crippen LogP contribution >= 0.6 is 0 Å². The number of nitrogens with zero attached hydrogens (tertiary/aromatic N) is 6. The molecule has 0 N–H and O–H groups in total. The fourth-order valence-corrected chi connectivity index (χ4v) is 1.74. The Morgan fingerprint density at radius 1 is 1.22 bits per heavy atom. The van der Waals surface area contributed by atoms with E-state index in [1.165, 1.54) is 0 Å². The van der Waals surface area contributed by atoms with Gasteiger partial charge in [-0.15, -0.1) is 5.10 Å². The summed E-state index contributed by atoms with van der Waals surface area (Å²) in [5.74, 6) is 0. The summed E-state index contributed by atoms with van der Waals surface area (Å²) >= 11 is 0. The third kappa shape index (κ3) is 1.69. The van der Waals surface area contributed by atoms with Gasteiger partial charge in [-0.2, -0.15) is 5.10 Å². The molecule has 0 saturated carbocycles. The summed E-state index contributed by atoms with van der Waals surface area (Å²) in [7, 11) is 0. The second-order valence-corrected chi connectivity index (χ2v) is 3.65. The standard InChI is InChI=1S/C12H10N6/c1-2-10-4-5-11(18-9-13-15-16-18)8-12(10)17-7-3-6-14-17/h2-9H,1H2. The summed E-state index contributed by atoms with van der Waals surface area (Å²) < 4.78 is 3.38. The van der Waals surface area contributed by atoms with Gasteiger partial charge in [-0.25, -0.2) is 9.36 Å². The number of aromatic nitrogens is 6. The Morgan fingerprint density at radius 3 is 2.83 bits per heavy atom. The lowest BCUT2D eigenvalue weighted by molar-refractivity contribution is 0.786. The fourth-order valence-electron chi connectivity index (χ4n) is 1.74. The van der Waals surface area contributed by atoms with Crippen LogP contribution < -0.4 is 0 Å². The van der Waals surface area contributed by atoms with Gasteiger partial charge in [0.15, 0.2) is 0 Å². The average molecular weight is 238 g/mol. The smallest absolute Gasteiger partial charge is 0.143 e. The Balaban J connectivity index is 2.16. The van der Waals surface area contributed by atoms with E-state index in [0.717, 1.165) is 16.9 Å². The van der Waals surface area contributed by atoms with Crippen molar-refractivity contribution in [3.05, 3.63) is 55.1 Å². The first-order valence-electron chi connectivity index (χ1n) is 5.38. The predicted molar refractivity (Wildman–Crippen MR) is 66.4 cm³/mol. The van der Waals surface area contributed by atoms with Crippen LogP contribution in [-0.4, -0.2) is 30.0 Å². The monoisotopic (exact) mass is 238 g/mol. The van der Waals surface area contributed by atoms with Crippen molar-refractivity contribution in [2.45, 2.75) is 0 Å². The van der Waals surface area contributed by atoms with Crippen molar-refractivity contribution in [3.8, 4) is 11.4 Å². The highest BCUT2D eigenvalue weighted by atomic mass is 15.5. The molecule has 0 bridgehead atoms. The van der Waals surface area contributed by atoms with Gasteiger partial charge in [-0.05, 0) is 34.2 Å². The van der Waals surface area contributed by atoms with E-state index in [2.05, 4.69) is 27.2 Å². The zero-order chi connectivity index (χ0) is 12.4. The molecule has 0 saturated heterocycles. The van der Waals surface area contributed by atoms with Crippen LogP contribution in [0.5, 0.6) is 0 Å². The minimum atomic E-state index is 0.871. The maximum atomic E-state index is 4.23. The Morgan fingerprint density at radius 2 is 2.17 bits per heavy atom. The molecule has 2 heterocycles. The van der Waals surface area contributed by atoms with Gasteiger partial charge >= 0.3 is 0 Å². The molecule has 0 spiro atoms. The summed E-state index contributed by atoms with van der Waals surface area (Å²) in [6.07, 6.45) is 6.96. The van der Waals surface area contributed by atoms with E-state index < -0.39 is 0 Å². The SMILES string of the molecule is C=Cc1ccc(-n2cnnn2)cc1-n1cccn1. The highest BCUT2D eigenvalue weighted by molar-refractivity contribution is 5.62. The van der Waals surface area contributed by atoms with Gasteiger partial charge in [0, 0.05) is 12.4 Å². The topological polar surface area (TPSA) is 61.4 Å². The maximum Gasteiger partial charge on any atom is 0.143 e. The summed E-state index contributed by atoms with van der Waals surface area (Å²) in [6, 6.07) is 7.72. The molecule has 3 aromatic rings. The van der Waals surface area contributed by atoms with Gasteiger partial charge in [0.05, 0.1) is 11.4 Å². The maximum absolute atomic E-state index is 4.23. The summed E-state index contributed by atoms with van der Waals surface area (Å²) in [5.41, 5.74) is 2.80. The normalized spacial score (nSPS) is 10.4. The summed E-state index contributed by atoms with van der Waals surface area (Å²) in [5, 5.41) is 15.3. The lowest BCUT2D eigenvalue weighted by Gasteiger charge is -2.08. The molecule has 88 valence electrons. The van der Waals surface area contributed by atoms with Gasteiger partial charge in [-0.1, -0.05) is 18.7 Å². The van der Waals surface area contributed by atoms with Crippen molar-refractivity contribution >= 4 is 6.08 Å². The molecule has 6 nitrogen and oxygen atoms in total. The first-order valence-corrected chi connectivity index (χ1v) is 5.38. The lowest BCUT2D eigenvalue weighted by atomic mass is 10.1. The molecule has 0 fully saturated rings. The third-order valence-electron chi connectivity index (χ3n) is 2.60. The average Bonchev–Trinajstić information content (AvgIpc) is 3.11. The van der Waals surface area contributed by atoms with Crippen molar-refractivity contribution in [1.29, 1.82) is 0 Å². The van der Waals surface area contributed by atoms with Crippen LogP contribution in [0.4, 0.5) is 0 Å². The Labute approximate surface area is 103 Å². The van der Waals surface area contributed by atoms with E-state index in [0.29, 0.717) is 0 Å². The van der Waals surface area contributed by atoms with E-state index >= 15 is 0 Å². The fraction of sp³-hybridized carbons (Fsp3) is 0. The van der Waals surface area contributed by atoms with Crippen molar-refractivity contribution < 1.29 is 0 Å². The Hall–Kier alpha value is -2.76. The molecule has 6 heteroatoms. The zero-order valence-corrected chi connectivity index (χ0v) is 9.51. The van der Waals surface area contributed by atoms with E-state index in [-0.39, 0.29) is 0 Å². The molecule has 2 aromatic heterocycles. The van der Waals surface area contributed by atoms with Crippen LogP contribution in [0.25, 0.3) is 17.5 Å².